The number of halogens is 1. The van der Waals surface area contributed by atoms with Crippen molar-refractivity contribution in [2.75, 3.05) is 6.61 Å². The molecule has 0 rings (SSSR count). The van der Waals surface area contributed by atoms with E-state index in [1.54, 1.807) is 13.8 Å². The Morgan fingerprint density at radius 1 is 1.80 bits per heavy atom. The highest BCUT2D eigenvalue weighted by molar-refractivity contribution is 14.1. The third-order valence-electron chi connectivity index (χ3n) is 1.11. The lowest BCUT2D eigenvalue weighted by Gasteiger charge is -2.07. The molecule has 0 bridgehead atoms. The van der Waals surface area contributed by atoms with Crippen molar-refractivity contribution in [1.82, 2.24) is 0 Å². The Labute approximate surface area is 74.8 Å². The van der Waals surface area contributed by atoms with E-state index in [2.05, 4.69) is 6.58 Å². The molecule has 1 unspecified atom stereocenters. The minimum Gasteiger partial charge on any atom is -0.466 e. The minimum atomic E-state index is -0.193. The summed E-state index contributed by atoms with van der Waals surface area (Å²) >= 11 is 2.03. The van der Waals surface area contributed by atoms with Crippen molar-refractivity contribution in [3.05, 3.63) is 10.2 Å². The molecule has 0 amide bonds. The Bertz CT molecular complexity index is 143. The molecule has 0 fully saturated rings. The Hall–Kier alpha value is -0.0600. The molecule has 0 aliphatic carbocycles. The molecule has 0 aliphatic heterocycles. The first-order valence-electron chi connectivity index (χ1n) is 3.10. The van der Waals surface area contributed by atoms with E-state index in [0.717, 1.165) is 3.58 Å². The summed E-state index contributed by atoms with van der Waals surface area (Å²) in [7, 11) is 0. The van der Waals surface area contributed by atoms with Crippen molar-refractivity contribution >= 4 is 28.6 Å². The molecule has 0 spiro atoms. The Kier molecular flexibility index (Phi) is 4.68. The molecule has 0 saturated heterocycles. The summed E-state index contributed by atoms with van der Waals surface area (Å²) in [5.41, 5.74) is 0. The molecule has 0 saturated carbocycles. The van der Waals surface area contributed by atoms with E-state index < -0.39 is 0 Å². The fourth-order valence-electron chi connectivity index (χ4n) is 0.395. The molecule has 0 radical (unpaired) electrons. The van der Waals surface area contributed by atoms with Crippen molar-refractivity contribution < 1.29 is 9.53 Å². The average Bonchev–Trinajstić information content (AvgIpc) is 1.87. The van der Waals surface area contributed by atoms with Gasteiger partial charge in [0.1, 0.15) is 0 Å². The van der Waals surface area contributed by atoms with Crippen LogP contribution in [0, 0.1) is 5.92 Å². The van der Waals surface area contributed by atoms with Crippen LogP contribution in [0.1, 0.15) is 13.8 Å². The lowest BCUT2D eigenvalue weighted by molar-refractivity contribution is -0.145. The maximum atomic E-state index is 10.9. The van der Waals surface area contributed by atoms with Gasteiger partial charge >= 0.3 is 5.97 Å². The van der Waals surface area contributed by atoms with E-state index in [1.807, 2.05) is 22.6 Å². The van der Waals surface area contributed by atoms with Gasteiger partial charge < -0.3 is 4.74 Å². The van der Waals surface area contributed by atoms with E-state index >= 15 is 0 Å². The molecular weight excluding hydrogens is 243 g/mol. The molecule has 58 valence electrons. The number of esters is 1. The highest BCUT2D eigenvalue weighted by Gasteiger charge is 2.14. The van der Waals surface area contributed by atoms with E-state index in [-0.39, 0.29) is 11.9 Å². The van der Waals surface area contributed by atoms with Gasteiger partial charge in [-0.25, -0.2) is 0 Å². The molecule has 0 N–H and O–H groups in total. The zero-order chi connectivity index (χ0) is 8.15. The molecule has 0 aromatic carbocycles. The predicted octanol–water partition coefficient (Wildman–Crippen LogP) is 2.13. The summed E-state index contributed by atoms with van der Waals surface area (Å²) in [5, 5.41) is 0. The molecule has 0 aromatic rings. The van der Waals surface area contributed by atoms with Crippen molar-refractivity contribution in [2.45, 2.75) is 13.8 Å². The van der Waals surface area contributed by atoms with Gasteiger partial charge in [-0.15, -0.1) is 0 Å². The van der Waals surface area contributed by atoms with Crippen molar-refractivity contribution in [3.8, 4) is 0 Å². The average molecular weight is 254 g/mol. The van der Waals surface area contributed by atoms with E-state index in [1.165, 1.54) is 0 Å². The van der Waals surface area contributed by atoms with Gasteiger partial charge in [-0.1, -0.05) is 6.58 Å². The first kappa shape index (κ1) is 9.94. The largest absolute Gasteiger partial charge is 0.466 e. The SMILES string of the molecule is C=C(I)C(C)C(=O)OCC. The Morgan fingerprint density at radius 3 is 2.60 bits per heavy atom. The molecule has 0 heterocycles. The minimum absolute atomic E-state index is 0.180. The lowest BCUT2D eigenvalue weighted by Crippen LogP contribution is -2.13. The first-order chi connectivity index (χ1) is 4.59. The number of rotatable bonds is 3. The zero-order valence-electron chi connectivity index (χ0n) is 6.19. The monoisotopic (exact) mass is 254 g/mol. The number of carbonyl (C=O) groups is 1. The number of carbonyl (C=O) groups excluding carboxylic acids is 1. The van der Waals surface area contributed by atoms with E-state index in [4.69, 9.17) is 4.74 Å². The summed E-state index contributed by atoms with van der Waals surface area (Å²) in [6, 6.07) is 0. The van der Waals surface area contributed by atoms with Crippen LogP contribution in [0.25, 0.3) is 0 Å². The second kappa shape index (κ2) is 4.71. The quantitative estimate of drug-likeness (QED) is 0.569. The maximum absolute atomic E-state index is 10.9. The van der Waals surface area contributed by atoms with Gasteiger partial charge in [-0.2, -0.15) is 0 Å². The highest BCUT2D eigenvalue weighted by Crippen LogP contribution is 2.16. The normalized spacial score (nSPS) is 12.3. The van der Waals surface area contributed by atoms with Crippen molar-refractivity contribution in [3.63, 3.8) is 0 Å². The fraction of sp³-hybridized carbons (Fsp3) is 0.571. The predicted molar refractivity (Wildman–Crippen MR) is 49.0 cm³/mol. The van der Waals surface area contributed by atoms with Crippen LogP contribution in [0.15, 0.2) is 10.2 Å². The van der Waals surface area contributed by atoms with E-state index in [9.17, 15) is 4.79 Å². The second-order valence-electron chi connectivity index (χ2n) is 1.92. The van der Waals surface area contributed by atoms with Gasteiger partial charge in [0.2, 0.25) is 0 Å². The van der Waals surface area contributed by atoms with Crippen LogP contribution >= 0.6 is 22.6 Å². The smallest absolute Gasteiger partial charge is 0.313 e. The summed E-state index contributed by atoms with van der Waals surface area (Å²) in [4.78, 5) is 10.9. The van der Waals surface area contributed by atoms with Gasteiger partial charge in [0.15, 0.2) is 0 Å². The van der Waals surface area contributed by atoms with Gasteiger partial charge in [-0.3, -0.25) is 4.79 Å². The Balaban J connectivity index is 3.82. The molecule has 0 aliphatic rings. The van der Waals surface area contributed by atoms with Gasteiger partial charge in [0.05, 0.1) is 12.5 Å². The number of ether oxygens (including phenoxy) is 1. The molecule has 3 heteroatoms. The third kappa shape index (κ3) is 3.20. The number of hydrogen-bond acceptors (Lipinski definition) is 2. The number of hydrogen-bond donors (Lipinski definition) is 0. The first-order valence-corrected chi connectivity index (χ1v) is 4.18. The summed E-state index contributed by atoms with van der Waals surface area (Å²) in [6.07, 6.45) is 0. The lowest BCUT2D eigenvalue weighted by atomic mass is 10.2. The van der Waals surface area contributed by atoms with Gasteiger partial charge in [0.25, 0.3) is 0 Å². The third-order valence-corrected chi connectivity index (χ3v) is 2.04. The van der Waals surface area contributed by atoms with Crippen LogP contribution in [0.3, 0.4) is 0 Å². The second-order valence-corrected chi connectivity index (χ2v) is 3.31. The standard InChI is InChI=1S/C7H11IO2/c1-4-10-7(9)5(2)6(3)8/h5H,3-4H2,1-2H3. The van der Waals surface area contributed by atoms with Gasteiger partial charge in [0, 0.05) is 0 Å². The van der Waals surface area contributed by atoms with Crippen molar-refractivity contribution in [1.29, 1.82) is 0 Å². The van der Waals surface area contributed by atoms with Crippen molar-refractivity contribution in [2.24, 2.45) is 5.92 Å². The molecule has 10 heavy (non-hydrogen) atoms. The summed E-state index contributed by atoms with van der Waals surface area (Å²) in [5.74, 6) is -0.373. The molecule has 0 aromatic heterocycles. The topological polar surface area (TPSA) is 26.3 Å². The molecule has 2 nitrogen and oxygen atoms in total. The Morgan fingerprint density at radius 2 is 2.30 bits per heavy atom. The van der Waals surface area contributed by atoms with Gasteiger partial charge in [-0.05, 0) is 40.0 Å². The molecule has 1 atom stereocenters. The molecular formula is C7H11IO2. The summed E-state index contributed by atoms with van der Waals surface area (Å²) in [6.45, 7) is 7.66. The van der Waals surface area contributed by atoms with Crippen LogP contribution in [0.2, 0.25) is 0 Å². The van der Waals surface area contributed by atoms with E-state index in [0.29, 0.717) is 6.61 Å². The summed E-state index contributed by atoms with van der Waals surface area (Å²) < 4.78 is 5.58. The van der Waals surface area contributed by atoms with Crippen LogP contribution in [0.5, 0.6) is 0 Å². The van der Waals surface area contributed by atoms with Crippen LogP contribution in [-0.4, -0.2) is 12.6 Å². The van der Waals surface area contributed by atoms with Crippen LogP contribution in [-0.2, 0) is 9.53 Å². The fourth-order valence-corrected chi connectivity index (χ4v) is 0.649. The van der Waals surface area contributed by atoms with Crippen LogP contribution < -0.4 is 0 Å². The highest BCUT2D eigenvalue weighted by atomic mass is 127. The zero-order valence-corrected chi connectivity index (χ0v) is 8.34. The van der Waals surface area contributed by atoms with Crippen LogP contribution in [0.4, 0.5) is 0 Å². The maximum Gasteiger partial charge on any atom is 0.313 e.